The summed E-state index contributed by atoms with van der Waals surface area (Å²) in [6.07, 6.45) is 3.10. The van der Waals surface area contributed by atoms with Crippen LogP contribution in [-0.4, -0.2) is 33.0 Å². The Labute approximate surface area is 172 Å². The molecule has 0 unspecified atom stereocenters. The Bertz CT molecular complexity index is 918. The predicted octanol–water partition coefficient (Wildman–Crippen LogP) is 4.39. The van der Waals surface area contributed by atoms with E-state index in [0.29, 0.717) is 18.4 Å². The lowest BCUT2D eigenvalue weighted by atomic mass is 10.3. The van der Waals surface area contributed by atoms with Crippen LogP contribution in [0.1, 0.15) is 36.5 Å². The number of nitrogens with one attached hydrogen (secondary N) is 1. The summed E-state index contributed by atoms with van der Waals surface area (Å²) in [4.78, 5) is 13.6. The Morgan fingerprint density at radius 2 is 2.11 bits per heavy atom. The van der Waals surface area contributed by atoms with Crippen LogP contribution in [0.4, 0.5) is 5.69 Å². The SMILES string of the molecule is CCOc1ccc(NC(=O)CSc2nnc(Cc3cccs3)n2C2CC2)cc1. The summed E-state index contributed by atoms with van der Waals surface area (Å²) in [5.74, 6) is 2.03. The van der Waals surface area contributed by atoms with Crippen molar-refractivity contribution < 1.29 is 9.53 Å². The molecule has 0 aliphatic heterocycles. The van der Waals surface area contributed by atoms with Crippen molar-refractivity contribution in [2.24, 2.45) is 0 Å². The summed E-state index contributed by atoms with van der Waals surface area (Å²) in [7, 11) is 0. The van der Waals surface area contributed by atoms with Gasteiger partial charge in [0, 0.05) is 23.0 Å². The maximum absolute atomic E-state index is 12.3. The molecule has 4 rings (SSSR count). The summed E-state index contributed by atoms with van der Waals surface area (Å²) in [5.41, 5.74) is 0.760. The third-order valence-corrected chi connectivity index (χ3v) is 6.16. The van der Waals surface area contributed by atoms with Crippen LogP contribution in [-0.2, 0) is 11.2 Å². The molecule has 1 aliphatic carbocycles. The first-order valence-corrected chi connectivity index (χ1v) is 11.2. The standard InChI is InChI=1S/C20H22N4O2S2/c1-2-26-16-9-5-14(6-10-16)21-19(25)13-28-20-23-22-18(24(20)15-7-8-15)12-17-4-3-11-27-17/h3-6,9-11,15H,2,7-8,12-13H2,1H3,(H,21,25). The highest BCUT2D eigenvalue weighted by Crippen LogP contribution is 2.39. The Hall–Kier alpha value is -2.32. The van der Waals surface area contributed by atoms with Gasteiger partial charge in [-0.1, -0.05) is 17.8 Å². The van der Waals surface area contributed by atoms with Crippen LogP contribution >= 0.6 is 23.1 Å². The average molecular weight is 415 g/mol. The van der Waals surface area contributed by atoms with Gasteiger partial charge in [-0.15, -0.1) is 21.5 Å². The molecule has 146 valence electrons. The highest BCUT2D eigenvalue weighted by atomic mass is 32.2. The first-order chi connectivity index (χ1) is 13.7. The lowest BCUT2D eigenvalue weighted by Gasteiger charge is -2.09. The number of anilines is 1. The number of amides is 1. The van der Waals surface area contributed by atoms with Gasteiger partial charge in [-0.3, -0.25) is 4.79 Å². The largest absolute Gasteiger partial charge is 0.494 e. The van der Waals surface area contributed by atoms with Crippen molar-refractivity contribution >= 4 is 34.7 Å². The van der Waals surface area contributed by atoms with Crippen molar-refractivity contribution in [3.8, 4) is 5.75 Å². The number of nitrogens with zero attached hydrogens (tertiary/aromatic N) is 3. The average Bonchev–Trinajstić information content (AvgIpc) is 3.25. The van der Waals surface area contributed by atoms with E-state index in [-0.39, 0.29) is 5.91 Å². The Balaban J connectivity index is 1.36. The molecule has 0 radical (unpaired) electrons. The molecule has 0 spiro atoms. The second-order valence-electron chi connectivity index (χ2n) is 6.55. The van der Waals surface area contributed by atoms with E-state index in [4.69, 9.17) is 4.74 Å². The molecule has 2 aromatic heterocycles. The van der Waals surface area contributed by atoms with Gasteiger partial charge in [0.2, 0.25) is 5.91 Å². The van der Waals surface area contributed by atoms with Crippen LogP contribution in [0.3, 0.4) is 0 Å². The van der Waals surface area contributed by atoms with Gasteiger partial charge in [0.1, 0.15) is 11.6 Å². The zero-order valence-electron chi connectivity index (χ0n) is 15.6. The van der Waals surface area contributed by atoms with Crippen molar-refractivity contribution in [1.82, 2.24) is 14.8 Å². The van der Waals surface area contributed by atoms with Crippen molar-refractivity contribution in [3.63, 3.8) is 0 Å². The maximum atomic E-state index is 12.3. The van der Waals surface area contributed by atoms with Crippen molar-refractivity contribution in [1.29, 1.82) is 0 Å². The highest BCUT2D eigenvalue weighted by Gasteiger charge is 2.29. The number of hydrogen-bond donors (Lipinski definition) is 1. The number of aromatic nitrogens is 3. The topological polar surface area (TPSA) is 69.0 Å². The van der Waals surface area contributed by atoms with Gasteiger partial charge in [-0.05, 0) is 55.5 Å². The van der Waals surface area contributed by atoms with E-state index in [1.165, 1.54) is 16.6 Å². The van der Waals surface area contributed by atoms with Gasteiger partial charge in [0.25, 0.3) is 0 Å². The molecule has 0 atom stereocenters. The molecule has 8 heteroatoms. The van der Waals surface area contributed by atoms with E-state index in [2.05, 4.69) is 37.6 Å². The van der Waals surface area contributed by atoms with E-state index < -0.39 is 0 Å². The van der Waals surface area contributed by atoms with Gasteiger partial charge in [-0.2, -0.15) is 0 Å². The summed E-state index contributed by atoms with van der Waals surface area (Å²) in [6.45, 7) is 2.57. The lowest BCUT2D eigenvalue weighted by molar-refractivity contribution is -0.113. The molecule has 1 N–H and O–H groups in total. The fourth-order valence-electron chi connectivity index (χ4n) is 2.92. The zero-order chi connectivity index (χ0) is 19.3. The first kappa shape index (κ1) is 19.0. The number of benzene rings is 1. The Kier molecular flexibility index (Phi) is 5.97. The first-order valence-electron chi connectivity index (χ1n) is 9.34. The third-order valence-electron chi connectivity index (χ3n) is 4.34. The number of thiophene rings is 1. The second kappa shape index (κ2) is 8.79. The molecule has 2 heterocycles. The van der Waals surface area contributed by atoms with Crippen molar-refractivity contribution in [2.45, 2.75) is 37.4 Å². The van der Waals surface area contributed by atoms with E-state index in [0.717, 1.165) is 41.7 Å². The minimum atomic E-state index is -0.0562. The zero-order valence-corrected chi connectivity index (χ0v) is 17.3. The van der Waals surface area contributed by atoms with Gasteiger partial charge < -0.3 is 14.6 Å². The molecule has 1 aliphatic rings. The molecule has 28 heavy (non-hydrogen) atoms. The summed E-state index contributed by atoms with van der Waals surface area (Å²) in [5, 5.41) is 14.6. The molecule has 1 amide bonds. The summed E-state index contributed by atoms with van der Waals surface area (Å²) < 4.78 is 7.64. The monoisotopic (exact) mass is 414 g/mol. The van der Waals surface area contributed by atoms with Gasteiger partial charge >= 0.3 is 0 Å². The second-order valence-corrected chi connectivity index (χ2v) is 8.53. The van der Waals surface area contributed by atoms with Gasteiger partial charge in [0.05, 0.1) is 12.4 Å². The number of ether oxygens (including phenoxy) is 1. The van der Waals surface area contributed by atoms with Crippen LogP contribution in [0.5, 0.6) is 5.75 Å². The quantitative estimate of drug-likeness (QED) is 0.526. The summed E-state index contributed by atoms with van der Waals surface area (Å²) >= 11 is 3.17. The number of hydrogen-bond acceptors (Lipinski definition) is 6. The molecule has 0 saturated heterocycles. The maximum Gasteiger partial charge on any atom is 0.234 e. The van der Waals surface area contributed by atoms with Crippen molar-refractivity contribution in [3.05, 3.63) is 52.5 Å². The smallest absolute Gasteiger partial charge is 0.234 e. The van der Waals surface area contributed by atoms with Crippen LogP contribution in [0, 0.1) is 0 Å². The number of carbonyl (C=O) groups excluding carboxylic acids is 1. The minimum absolute atomic E-state index is 0.0562. The van der Waals surface area contributed by atoms with Crippen LogP contribution < -0.4 is 10.1 Å². The molecule has 1 saturated carbocycles. The third kappa shape index (κ3) is 4.74. The Morgan fingerprint density at radius 1 is 1.29 bits per heavy atom. The number of carbonyl (C=O) groups is 1. The van der Waals surface area contributed by atoms with Gasteiger partial charge in [0.15, 0.2) is 5.16 Å². The fourth-order valence-corrected chi connectivity index (χ4v) is 4.45. The number of thioether (sulfide) groups is 1. The van der Waals surface area contributed by atoms with Crippen LogP contribution in [0.2, 0.25) is 0 Å². The number of rotatable bonds is 9. The van der Waals surface area contributed by atoms with Crippen LogP contribution in [0.25, 0.3) is 0 Å². The molecule has 6 nitrogen and oxygen atoms in total. The lowest BCUT2D eigenvalue weighted by Crippen LogP contribution is -2.14. The summed E-state index contributed by atoms with van der Waals surface area (Å²) in [6, 6.07) is 12.0. The molecule has 3 aromatic rings. The molecular weight excluding hydrogens is 392 g/mol. The normalized spacial score (nSPS) is 13.5. The van der Waals surface area contributed by atoms with E-state index >= 15 is 0 Å². The highest BCUT2D eigenvalue weighted by molar-refractivity contribution is 7.99. The predicted molar refractivity (Wildman–Crippen MR) is 112 cm³/mol. The molecule has 1 fully saturated rings. The van der Waals surface area contributed by atoms with E-state index in [9.17, 15) is 4.79 Å². The van der Waals surface area contributed by atoms with Gasteiger partial charge in [-0.25, -0.2) is 0 Å². The van der Waals surface area contributed by atoms with E-state index in [1.54, 1.807) is 11.3 Å². The molecular formula is C20H22N4O2S2. The van der Waals surface area contributed by atoms with Crippen molar-refractivity contribution in [2.75, 3.05) is 17.7 Å². The molecule has 0 bridgehead atoms. The minimum Gasteiger partial charge on any atom is -0.494 e. The Morgan fingerprint density at radius 3 is 2.79 bits per heavy atom. The molecule has 1 aromatic carbocycles. The van der Waals surface area contributed by atoms with Crippen LogP contribution in [0.15, 0.2) is 46.9 Å². The van der Waals surface area contributed by atoms with E-state index in [1.807, 2.05) is 31.2 Å². The fraction of sp³-hybridized carbons (Fsp3) is 0.350.